The summed E-state index contributed by atoms with van der Waals surface area (Å²) in [5.74, 6) is 0.159. The second kappa shape index (κ2) is 14.4. The molecule has 1 fully saturated rings. The van der Waals surface area contributed by atoms with Gasteiger partial charge in [0.15, 0.2) is 15.7 Å². The predicted molar refractivity (Wildman–Crippen MR) is 165 cm³/mol. The van der Waals surface area contributed by atoms with Crippen LogP contribution in [0, 0.1) is 18.3 Å². The number of nitrogens with zero attached hydrogens (tertiary/aromatic N) is 4. The first-order chi connectivity index (χ1) is 21.0. The lowest BCUT2D eigenvalue weighted by Gasteiger charge is -2.25. The van der Waals surface area contributed by atoms with Gasteiger partial charge in [0.2, 0.25) is 0 Å². The molecule has 44 heavy (non-hydrogen) atoms. The van der Waals surface area contributed by atoms with Crippen LogP contribution in [0.25, 0.3) is 10.8 Å². The van der Waals surface area contributed by atoms with Gasteiger partial charge in [0.1, 0.15) is 28.2 Å². The first-order valence-corrected chi connectivity index (χ1v) is 17.3. The fraction of sp³-hybridized carbons (Fsp3) is 0.333. The van der Waals surface area contributed by atoms with Crippen LogP contribution in [0.2, 0.25) is 0 Å². The number of anilines is 2. The van der Waals surface area contributed by atoms with Crippen LogP contribution in [0.5, 0.6) is 0 Å². The van der Waals surface area contributed by atoms with E-state index in [4.69, 9.17) is 5.26 Å². The molecule has 3 aromatic rings. The van der Waals surface area contributed by atoms with Gasteiger partial charge in [-0.1, -0.05) is 55.1 Å². The molecule has 0 saturated heterocycles. The molecule has 0 amide bonds. The van der Waals surface area contributed by atoms with Gasteiger partial charge in [-0.3, -0.25) is 4.55 Å². The van der Waals surface area contributed by atoms with E-state index in [0.29, 0.717) is 23.0 Å². The summed E-state index contributed by atoms with van der Waals surface area (Å²) in [6.45, 7) is 4.90. The molecule has 0 unspecified atom stereocenters. The maximum absolute atomic E-state index is 12.5. The molecule has 1 aromatic heterocycles. The van der Waals surface area contributed by atoms with Gasteiger partial charge >= 0.3 is 0 Å². The molecule has 1 heterocycles. The lowest BCUT2D eigenvalue weighted by Crippen LogP contribution is -2.23. The van der Waals surface area contributed by atoms with Gasteiger partial charge in [-0.05, 0) is 31.2 Å². The molecule has 17 heteroatoms. The standard InChI is InChI=1S/C27H30N6O8S3/c1-3-43(35,36)14-13-29-26-21(16-28)17(2)24(27(31-26)30-18-9-5-4-6-10-18)32-33-25-20-12-8-7-11-19(20)22(42-41-40-34)15-23(25)44(37,38)39/h3,7-8,11-12,15,18,34H,1,4-6,9-10,13-14H2,2H3,(H2,29,30,31)(H,37,38,39). The van der Waals surface area contributed by atoms with E-state index < -0.39 is 24.9 Å². The minimum absolute atomic E-state index is 0.0295. The molecule has 0 bridgehead atoms. The molecule has 0 spiro atoms. The molecule has 4 N–H and O–H groups in total. The highest BCUT2D eigenvalue weighted by atomic mass is 32.2. The van der Waals surface area contributed by atoms with Crippen LogP contribution < -0.4 is 10.6 Å². The van der Waals surface area contributed by atoms with Crippen molar-refractivity contribution in [2.45, 2.75) is 54.9 Å². The van der Waals surface area contributed by atoms with Crippen molar-refractivity contribution in [2.24, 2.45) is 10.2 Å². The number of sulfone groups is 1. The summed E-state index contributed by atoms with van der Waals surface area (Å²) in [5, 5.41) is 38.8. The molecule has 14 nitrogen and oxygen atoms in total. The first-order valence-electron chi connectivity index (χ1n) is 13.4. The number of benzene rings is 2. The number of rotatable bonds is 13. The maximum atomic E-state index is 12.5. The number of fused-ring (bicyclic) bond motifs is 1. The highest BCUT2D eigenvalue weighted by molar-refractivity contribution is 7.95. The molecule has 1 saturated carbocycles. The van der Waals surface area contributed by atoms with Crippen LogP contribution in [0.1, 0.15) is 43.2 Å². The van der Waals surface area contributed by atoms with Crippen LogP contribution in [0.15, 0.2) is 62.3 Å². The van der Waals surface area contributed by atoms with Gasteiger partial charge in [0.25, 0.3) is 10.1 Å². The van der Waals surface area contributed by atoms with Crippen LogP contribution in [-0.4, -0.2) is 50.0 Å². The average Bonchev–Trinajstić information content (AvgIpc) is 3.00. The zero-order chi connectivity index (χ0) is 31.9. The van der Waals surface area contributed by atoms with Crippen molar-refractivity contribution < 1.29 is 36.0 Å². The third kappa shape index (κ3) is 7.90. The average molecular weight is 663 g/mol. The largest absolute Gasteiger partial charge is 0.368 e. The minimum atomic E-state index is -4.84. The van der Waals surface area contributed by atoms with Crippen molar-refractivity contribution in [1.29, 1.82) is 5.26 Å². The summed E-state index contributed by atoms with van der Waals surface area (Å²) >= 11 is 0.517. The van der Waals surface area contributed by atoms with Crippen LogP contribution in [-0.2, 0) is 29.3 Å². The Bertz CT molecular complexity index is 1840. The van der Waals surface area contributed by atoms with Gasteiger partial charge in [0.05, 0.1) is 23.4 Å². The van der Waals surface area contributed by atoms with E-state index in [2.05, 4.69) is 47.9 Å². The van der Waals surface area contributed by atoms with E-state index in [9.17, 15) is 26.7 Å². The summed E-state index contributed by atoms with van der Waals surface area (Å²) < 4.78 is 63.4. The molecule has 2 aromatic carbocycles. The molecular weight excluding hydrogens is 633 g/mol. The fourth-order valence-corrected chi connectivity index (χ4v) is 6.67. The quantitative estimate of drug-likeness (QED) is 0.0527. The summed E-state index contributed by atoms with van der Waals surface area (Å²) in [5.41, 5.74) is 0.432. The normalized spacial score (nSPS) is 14.5. The summed E-state index contributed by atoms with van der Waals surface area (Å²) in [6.07, 6.45) is 4.85. The monoisotopic (exact) mass is 662 g/mol. The van der Waals surface area contributed by atoms with Crippen molar-refractivity contribution in [3.63, 3.8) is 0 Å². The molecule has 234 valence electrons. The van der Waals surface area contributed by atoms with Crippen LogP contribution >= 0.6 is 12.0 Å². The van der Waals surface area contributed by atoms with Crippen LogP contribution in [0.3, 0.4) is 0 Å². The van der Waals surface area contributed by atoms with Gasteiger partial charge in [0, 0.05) is 33.8 Å². The molecule has 1 aliphatic rings. The molecule has 0 atom stereocenters. The Balaban J connectivity index is 1.87. The highest BCUT2D eigenvalue weighted by Crippen LogP contribution is 2.42. The molecule has 4 rings (SSSR count). The lowest BCUT2D eigenvalue weighted by molar-refractivity contribution is -0.432. The van der Waals surface area contributed by atoms with Crippen molar-refractivity contribution in [3.05, 3.63) is 53.4 Å². The van der Waals surface area contributed by atoms with E-state index in [0.717, 1.165) is 43.6 Å². The third-order valence-electron chi connectivity index (χ3n) is 7.03. The van der Waals surface area contributed by atoms with E-state index in [1.807, 2.05) is 0 Å². The minimum Gasteiger partial charge on any atom is -0.368 e. The second-order valence-electron chi connectivity index (χ2n) is 9.88. The van der Waals surface area contributed by atoms with Crippen molar-refractivity contribution in [1.82, 2.24) is 4.98 Å². The Morgan fingerprint density at radius 1 is 1.14 bits per heavy atom. The Morgan fingerprint density at radius 2 is 1.82 bits per heavy atom. The Hall–Kier alpha value is -3.63. The predicted octanol–water partition coefficient (Wildman–Crippen LogP) is 6.22. The molecule has 0 aliphatic heterocycles. The maximum Gasteiger partial charge on any atom is 0.296 e. The van der Waals surface area contributed by atoms with Crippen LogP contribution in [0.4, 0.5) is 23.0 Å². The number of aromatic nitrogens is 1. The first kappa shape index (κ1) is 33.3. The highest BCUT2D eigenvalue weighted by Gasteiger charge is 2.24. The Labute approximate surface area is 258 Å². The van der Waals surface area contributed by atoms with Gasteiger partial charge < -0.3 is 10.6 Å². The molecule has 1 aliphatic carbocycles. The molecule has 0 radical (unpaired) electrons. The smallest absolute Gasteiger partial charge is 0.296 e. The number of hydrogen-bond acceptors (Lipinski definition) is 14. The van der Waals surface area contributed by atoms with Gasteiger partial charge in [-0.2, -0.15) is 13.7 Å². The van der Waals surface area contributed by atoms with Crippen molar-refractivity contribution in [3.8, 4) is 6.07 Å². The number of pyridine rings is 1. The molecular formula is C27H30N6O8S3. The van der Waals surface area contributed by atoms with E-state index in [1.54, 1.807) is 31.2 Å². The third-order valence-corrected chi connectivity index (χ3v) is 9.83. The summed E-state index contributed by atoms with van der Waals surface area (Å²) in [7, 11) is -8.34. The van der Waals surface area contributed by atoms with Gasteiger partial charge in [-0.25, -0.2) is 18.7 Å². The van der Waals surface area contributed by atoms with Crippen molar-refractivity contribution >= 4 is 65.8 Å². The number of hydrogen-bond donors (Lipinski definition) is 4. The van der Waals surface area contributed by atoms with E-state index in [1.165, 1.54) is 0 Å². The van der Waals surface area contributed by atoms with Gasteiger partial charge in [-0.15, -0.1) is 14.6 Å². The second-order valence-corrected chi connectivity index (χ2v) is 14.1. The number of nitriles is 1. The zero-order valence-corrected chi connectivity index (χ0v) is 26.0. The van der Waals surface area contributed by atoms with E-state index in [-0.39, 0.29) is 57.2 Å². The topological polar surface area (TPSA) is 213 Å². The fourth-order valence-electron chi connectivity index (χ4n) is 4.84. The number of azo groups is 1. The summed E-state index contributed by atoms with van der Waals surface area (Å²) in [4.78, 5) is 4.20. The lowest BCUT2D eigenvalue weighted by atomic mass is 9.95. The van der Waals surface area contributed by atoms with E-state index >= 15 is 0 Å². The number of nitrogens with one attached hydrogen (secondary N) is 2. The Kier molecular flexibility index (Phi) is 10.9. The summed E-state index contributed by atoms with van der Waals surface area (Å²) in [6, 6.07) is 9.77. The zero-order valence-electron chi connectivity index (χ0n) is 23.6. The SMILES string of the molecule is C=CS(=O)(=O)CCNc1nc(NC2CCCCC2)c(N=Nc2c(S(=O)(=O)O)cc(SOOO)c3ccccc23)c(C)c1C#N. The van der Waals surface area contributed by atoms with Crippen molar-refractivity contribution in [2.75, 3.05) is 22.9 Å². The Morgan fingerprint density at radius 3 is 2.45 bits per heavy atom.